The average molecular weight is 454 g/mol. The molecule has 0 radical (unpaired) electrons. The lowest BCUT2D eigenvalue weighted by Gasteiger charge is -2.27. The number of hydrogen-bond donors (Lipinski definition) is 0. The standard InChI is InChI=1S/C24H28FN5OS/c1-18-10-12-20(13-11-18)30-23(29-14-6-3-7-15-29)26-27-24(30)32-17-22(31)28(2)16-19-8-4-5-9-21(19)25/h4-5,8-13H,3,6-7,14-17H2,1-2H3. The summed E-state index contributed by atoms with van der Waals surface area (Å²) >= 11 is 1.36. The Labute approximate surface area is 192 Å². The normalized spacial score (nSPS) is 13.9. The minimum absolute atomic E-state index is 0.0868. The first kappa shape index (κ1) is 22.3. The van der Waals surface area contributed by atoms with Crippen molar-refractivity contribution >= 4 is 23.6 Å². The molecule has 0 atom stereocenters. The first-order chi connectivity index (χ1) is 15.5. The van der Waals surface area contributed by atoms with Gasteiger partial charge in [0, 0.05) is 32.2 Å². The number of nitrogens with zero attached hydrogens (tertiary/aromatic N) is 5. The Hall–Kier alpha value is -2.87. The highest BCUT2D eigenvalue weighted by molar-refractivity contribution is 7.99. The van der Waals surface area contributed by atoms with Crippen LogP contribution in [0.5, 0.6) is 0 Å². The van der Waals surface area contributed by atoms with Gasteiger partial charge in [-0.25, -0.2) is 4.39 Å². The van der Waals surface area contributed by atoms with E-state index in [1.807, 2.05) is 4.57 Å². The van der Waals surface area contributed by atoms with Crippen molar-refractivity contribution in [3.63, 3.8) is 0 Å². The van der Waals surface area contributed by atoms with E-state index in [9.17, 15) is 9.18 Å². The number of aryl methyl sites for hydroxylation is 1. The maximum absolute atomic E-state index is 13.9. The monoisotopic (exact) mass is 453 g/mol. The van der Waals surface area contributed by atoms with E-state index in [-0.39, 0.29) is 24.0 Å². The van der Waals surface area contributed by atoms with E-state index < -0.39 is 0 Å². The molecule has 4 rings (SSSR count). The van der Waals surface area contributed by atoms with Gasteiger partial charge in [0.15, 0.2) is 5.16 Å². The molecule has 0 unspecified atom stereocenters. The summed E-state index contributed by atoms with van der Waals surface area (Å²) in [6, 6.07) is 14.8. The van der Waals surface area contributed by atoms with Crippen molar-refractivity contribution in [3.8, 4) is 5.69 Å². The fourth-order valence-electron chi connectivity index (χ4n) is 3.78. The van der Waals surface area contributed by atoms with Crippen molar-refractivity contribution in [2.45, 2.75) is 37.9 Å². The number of piperidine rings is 1. The third-order valence-electron chi connectivity index (χ3n) is 5.66. The van der Waals surface area contributed by atoms with Gasteiger partial charge >= 0.3 is 0 Å². The van der Waals surface area contributed by atoms with Crippen molar-refractivity contribution < 1.29 is 9.18 Å². The van der Waals surface area contributed by atoms with Crippen molar-refractivity contribution in [1.29, 1.82) is 0 Å². The van der Waals surface area contributed by atoms with Crippen LogP contribution in [0.15, 0.2) is 53.7 Å². The Bertz CT molecular complexity index is 1060. The Morgan fingerprint density at radius 2 is 1.78 bits per heavy atom. The molecular formula is C24H28FN5OS. The summed E-state index contributed by atoms with van der Waals surface area (Å²) in [5, 5.41) is 9.59. The summed E-state index contributed by atoms with van der Waals surface area (Å²) in [6.45, 7) is 4.20. The van der Waals surface area contributed by atoms with Gasteiger partial charge in [0.1, 0.15) is 5.82 Å². The number of benzene rings is 2. The van der Waals surface area contributed by atoms with Crippen LogP contribution in [0.3, 0.4) is 0 Å². The summed E-state index contributed by atoms with van der Waals surface area (Å²) < 4.78 is 16.0. The van der Waals surface area contributed by atoms with Crippen molar-refractivity contribution in [2.75, 3.05) is 30.8 Å². The number of rotatable bonds is 7. The summed E-state index contributed by atoms with van der Waals surface area (Å²) in [5.41, 5.74) is 2.67. The Morgan fingerprint density at radius 3 is 2.50 bits per heavy atom. The lowest BCUT2D eigenvalue weighted by Crippen LogP contribution is -2.31. The van der Waals surface area contributed by atoms with Crippen LogP contribution < -0.4 is 4.90 Å². The predicted octanol–water partition coefficient (Wildman–Crippen LogP) is 4.46. The minimum Gasteiger partial charge on any atom is -0.341 e. The zero-order valence-corrected chi connectivity index (χ0v) is 19.3. The summed E-state index contributed by atoms with van der Waals surface area (Å²) in [5.74, 6) is 0.638. The molecule has 0 N–H and O–H groups in total. The highest BCUT2D eigenvalue weighted by atomic mass is 32.2. The molecule has 1 aromatic heterocycles. The summed E-state index contributed by atoms with van der Waals surface area (Å²) in [4.78, 5) is 16.6. The predicted molar refractivity (Wildman–Crippen MR) is 126 cm³/mol. The van der Waals surface area contributed by atoms with E-state index >= 15 is 0 Å². The van der Waals surface area contributed by atoms with E-state index in [0.29, 0.717) is 10.7 Å². The molecule has 1 fully saturated rings. The molecule has 1 aliphatic rings. The molecule has 1 aliphatic heterocycles. The van der Waals surface area contributed by atoms with Gasteiger partial charge in [-0.05, 0) is 44.4 Å². The second-order valence-electron chi connectivity index (χ2n) is 8.13. The van der Waals surface area contributed by atoms with E-state index in [4.69, 9.17) is 0 Å². The highest BCUT2D eigenvalue weighted by Gasteiger charge is 2.22. The van der Waals surface area contributed by atoms with Crippen molar-refractivity contribution in [1.82, 2.24) is 19.7 Å². The van der Waals surface area contributed by atoms with Crippen molar-refractivity contribution in [2.24, 2.45) is 0 Å². The second-order valence-corrected chi connectivity index (χ2v) is 9.07. The van der Waals surface area contributed by atoms with E-state index in [1.54, 1.807) is 30.1 Å². The first-order valence-corrected chi connectivity index (χ1v) is 11.9. The fourth-order valence-corrected chi connectivity index (χ4v) is 4.67. The number of amides is 1. The minimum atomic E-state index is -0.301. The largest absolute Gasteiger partial charge is 0.341 e. The molecule has 3 aromatic rings. The van der Waals surface area contributed by atoms with Gasteiger partial charge in [-0.2, -0.15) is 0 Å². The lowest BCUT2D eigenvalue weighted by molar-refractivity contribution is -0.127. The SMILES string of the molecule is Cc1ccc(-n2c(SCC(=O)N(C)Cc3ccccc3F)nnc2N2CCCCC2)cc1. The molecule has 1 amide bonds. The van der Waals surface area contributed by atoms with Crippen LogP contribution in [0.2, 0.25) is 0 Å². The van der Waals surface area contributed by atoms with Crippen LogP contribution in [0, 0.1) is 12.7 Å². The smallest absolute Gasteiger partial charge is 0.233 e. The molecule has 32 heavy (non-hydrogen) atoms. The quantitative estimate of drug-likeness (QED) is 0.495. The molecule has 2 heterocycles. The summed E-state index contributed by atoms with van der Waals surface area (Å²) in [7, 11) is 1.69. The molecule has 168 valence electrons. The second kappa shape index (κ2) is 10.2. The third kappa shape index (κ3) is 5.12. The average Bonchev–Trinajstić information content (AvgIpc) is 3.24. The van der Waals surface area contributed by atoms with Crippen LogP contribution in [0.25, 0.3) is 5.69 Å². The molecule has 0 aliphatic carbocycles. The van der Waals surface area contributed by atoms with Crippen LogP contribution in [-0.2, 0) is 11.3 Å². The number of carbonyl (C=O) groups excluding carboxylic acids is 1. The van der Waals surface area contributed by atoms with Crippen LogP contribution in [0.1, 0.15) is 30.4 Å². The van der Waals surface area contributed by atoms with Gasteiger partial charge in [-0.3, -0.25) is 9.36 Å². The third-order valence-corrected chi connectivity index (χ3v) is 6.58. The zero-order valence-electron chi connectivity index (χ0n) is 18.5. The molecule has 8 heteroatoms. The van der Waals surface area contributed by atoms with Gasteiger partial charge in [-0.1, -0.05) is 47.7 Å². The number of hydrogen-bond acceptors (Lipinski definition) is 5. The molecular weight excluding hydrogens is 425 g/mol. The van der Waals surface area contributed by atoms with Crippen LogP contribution in [0.4, 0.5) is 10.3 Å². The van der Waals surface area contributed by atoms with E-state index in [0.717, 1.165) is 37.6 Å². The van der Waals surface area contributed by atoms with Gasteiger partial charge < -0.3 is 9.80 Å². The van der Waals surface area contributed by atoms with E-state index in [1.165, 1.54) is 29.8 Å². The van der Waals surface area contributed by atoms with Gasteiger partial charge in [0.2, 0.25) is 11.9 Å². The van der Waals surface area contributed by atoms with Gasteiger partial charge in [-0.15, -0.1) is 10.2 Å². The Morgan fingerprint density at radius 1 is 1.06 bits per heavy atom. The van der Waals surface area contributed by atoms with Crippen LogP contribution >= 0.6 is 11.8 Å². The number of thioether (sulfide) groups is 1. The Balaban J connectivity index is 1.51. The highest BCUT2D eigenvalue weighted by Crippen LogP contribution is 2.28. The maximum Gasteiger partial charge on any atom is 0.233 e. The molecule has 1 saturated heterocycles. The Kier molecular flexibility index (Phi) is 7.09. The van der Waals surface area contributed by atoms with Crippen molar-refractivity contribution in [3.05, 3.63) is 65.5 Å². The lowest BCUT2D eigenvalue weighted by atomic mass is 10.1. The molecule has 0 saturated carbocycles. The van der Waals surface area contributed by atoms with E-state index in [2.05, 4.69) is 46.3 Å². The first-order valence-electron chi connectivity index (χ1n) is 10.9. The molecule has 2 aromatic carbocycles. The molecule has 0 spiro atoms. The molecule has 6 nitrogen and oxygen atoms in total. The van der Waals surface area contributed by atoms with Gasteiger partial charge in [0.05, 0.1) is 11.4 Å². The number of aromatic nitrogens is 3. The maximum atomic E-state index is 13.9. The van der Waals surface area contributed by atoms with Crippen LogP contribution in [-0.4, -0.2) is 51.5 Å². The van der Waals surface area contributed by atoms with Gasteiger partial charge in [0.25, 0.3) is 0 Å². The fraction of sp³-hybridized carbons (Fsp3) is 0.375. The topological polar surface area (TPSA) is 54.3 Å². The zero-order chi connectivity index (χ0) is 22.5. The number of carbonyl (C=O) groups is 1. The summed E-state index contributed by atoms with van der Waals surface area (Å²) in [6.07, 6.45) is 3.52. The number of anilines is 1. The number of halogens is 1. The molecule has 0 bridgehead atoms.